The largest absolute Gasteiger partial charge is 0.486 e. The van der Waals surface area contributed by atoms with E-state index in [2.05, 4.69) is 5.48 Å². The van der Waals surface area contributed by atoms with Gasteiger partial charge in [-0.1, -0.05) is 18.2 Å². The highest BCUT2D eigenvalue weighted by Crippen LogP contribution is 2.20. The SMILES string of the molecule is C/C=C\C(CC1=CC(O)NO1)Oc1ccc(COCC(F)F)cc1. The molecule has 1 aliphatic heterocycles. The van der Waals surface area contributed by atoms with Crippen LogP contribution in [0.5, 0.6) is 5.75 Å². The predicted octanol–water partition coefficient (Wildman–Crippen LogP) is 2.92. The lowest BCUT2D eigenvalue weighted by Crippen LogP contribution is -2.20. The first-order valence-electron chi connectivity index (χ1n) is 7.62. The van der Waals surface area contributed by atoms with Gasteiger partial charge in [-0.2, -0.15) is 0 Å². The summed E-state index contributed by atoms with van der Waals surface area (Å²) < 4.78 is 34.8. The zero-order valence-electron chi connectivity index (χ0n) is 13.3. The van der Waals surface area contributed by atoms with E-state index in [1.165, 1.54) is 0 Å². The maximum atomic E-state index is 12.0. The van der Waals surface area contributed by atoms with Crippen molar-refractivity contribution in [3.05, 3.63) is 53.8 Å². The first-order valence-corrected chi connectivity index (χ1v) is 7.62. The lowest BCUT2D eigenvalue weighted by atomic mass is 10.2. The van der Waals surface area contributed by atoms with Crippen molar-refractivity contribution in [3.63, 3.8) is 0 Å². The lowest BCUT2D eigenvalue weighted by Gasteiger charge is -2.16. The molecule has 0 bridgehead atoms. The van der Waals surface area contributed by atoms with Gasteiger partial charge < -0.3 is 19.4 Å². The molecule has 2 atom stereocenters. The van der Waals surface area contributed by atoms with Crippen LogP contribution in [0.3, 0.4) is 0 Å². The van der Waals surface area contributed by atoms with E-state index in [0.29, 0.717) is 17.9 Å². The molecule has 5 nitrogen and oxygen atoms in total. The summed E-state index contributed by atoms with van der Waals surface area (Å²) in [6.45, 7) is 1.45. The lowest BCUT2D eigenvalue weighted by molar-refractivity contribution is 0.00986. The van der Waals surface area contributed by atoms with Crippen LogP contribution in [0.2, 0.25) is 0 Å². The van der Waals surface area contributed by atoms with Crippen molar-refractivity contribution in [2.24, 2.45) is 0 Å². The number of hydrogen-bond donors (Lipinski definition) is 2. The molecule has 0 spiro atoms. The van der Waals surface area contributed by atoms with Gasteiger partial charge in [0.2, 0.25) is 0 Å². The first kappa shape index (κ1) is 18.4. The van der Waals surface area contributed by atoms with Crippen LogP contribution in [-0.4, -0.2) is 30.5 Å². The quantitative estimate of drug-likeness (QED) is 0.677. The van der Waals surface area contributed by atoms with Crippen molar-refractivity contribution in [1.29, 1.82) is 0 Å². The fourth-order valence-electron chi connectivity index (χ4n) is 2.16. The molecule has 7 heteroatoms. The number of aliphatic hydroxyl groups is 1. The summed E-state index contributed by atoms with van der Waals surface area (Å²) in [5, 5.41) is 9.34. The maximum absolute atomic E-state index is 12.0. The van der Waals surface area contributed by atoms with Gasteiger partial charge in [-0.05, 0) is 30.7 Å². The van der Waals surface area contributed by atoms with Gasteiger partial charge in [0.05, 0.1) is 6.61 Å². The second-order valence-corrected chi connectivity index (χ2v) is 5.23. The van der Waals surface area contributed by atoms with E-state index in [-0.39, 0.29) is 12.7 Å². The molecule has 132 valence electrons. The number of halogens is 2. The fraction of sp³-hybridized carbons (Fsp3) is 0.412. The fourth-order valence-corrected chi connectivity index (χ4v) is 2.16. The van der Waals surface area contributed by atoms with Crippen LogP contribution in [-0.2, 0) is 16.2 Å². The van der Waals surface area contributed by atoms with Gasteiger partial charge in [-0.25, -0.2) is 8.78 Å². The molecule has 2 N–H and O–H groups in total. The van der Waals surface area contributed by atoms with E-state index in [9.17, 15) is 13.9 Å². The van der Waals surface area contributed by atoms with Crippen molar-refractivity contribution in [3.8, 4) is 5.75 Å². The summed E-state index contributed by atoms with van der Waals surface area (Å²) in [4.78, 5) is 5.13. The van der Waals surface area contributed by atoms with E-state index >= 15 is 0 Å². The third-order valence-electron chi connectivity index (χ3n) is 3.19. The Hall–Kier alpha value is -1.96. The number of allylic oxidation sites excluding steroid dienone is 1. The van der Waals surface area contributed by atoms with Crippen molar-refractivity contribution < 1.29 is 28.2 Å². The average Bonchev–Trinajstić information content (AvgIpc) is 2.94. The summed E-state index contributed by atoms with van der Waals surface area (Å²) in [7, 11) is 0. The number of alkyl halides is 2. The number of nitrogens with one attached hydrogen (secondary N) is 1. The van der Waals surface area contributed by atoms with E-state index in [1.54, 1.807) is 30.3 Å². The molecular formula is C17H21F2NO4. The normalized spacial score (nSPS) is 18.7. The standard InChI is InChI=1S/C17H21F2NO4/c1-2-3-14(8-15-9-17(21)20-24-15)23-13-6-4-12(5-7-13)10-22-11-16(18)19/h2-7,9,14,16-17,20-21H,8,10-11H2,1H3/b3-2-. The van der Waals surface area contributed by atoms with Crippen LogP contribution in [0.1, 0.15) is 18.9 Å². The third kappa shape index (κ3) is 6.27. The topological polar surface area (TPSA) is 60.0 Å². The molecule has 0 amide bonds. The van der Waals surface area contributed by atoms with Gasteiger partial charge in [0, 0.05) is 12.5 Å². The summed E-state index contributed by atoms with van der Waals surface area (Å²) in [5.41, 5.74) is 3.22. The van der Waals surface area contributed by atoms with Crippen LogP contribution in [0, 0.1) is 0 Å². The minimum atomic E-state index is -2.46. The van der Waals surface area contributed by atoms with E-state index in [4.69, 9.17) is 14.3 Å². The Morgan fingerprint density at radius 2 is 2.08 bits per heavy atom. The van der Waals surface area contributed by atoms with Crippen molar-refractivity contribution in [2.75, 3.05) is 6.61 Å². The summed E-state index contributed by atoms with van der Waals surface area (Å²) in [6.07, 6.45) is 2.27. The van der Waals surface area contributed by atoms with E-state index in [1.807, 2.05) is 19.1 Å². The maximum Gasteiger partial charge on any atom is 0.261 e. The van der Waals surface area contributed by atoms with Gasteiger partial charge in [-0.15, -0.1) is 5.48 Å². The second kappa shape index (κ2) is 9.36. The Kier molecular flexibility index (Phi) is 7.17. The minimum Gasteiger partial charge on any atom is -0.486 e. The predicted molar refractivity (Wildman–Crippen MR) is 84.3 cm³/mol. The molecule has 24 heavy (non-hydrogen) atoms. The summed E-state index contributed by atoms with van der Waals surface area (Å²) >= 11 is 0. The van der Waals surface area contributed by atoms with Gasteiger partial charge in [0.15, 0.2) is 6.23 Å². The molecule has 1 aromatic carbocycles. The van der Waals surface area contributed by atoms with Crippen LogP contribution in [0.4, 0.5) is 8.78 Å². The van der Waals surface area contributed by atoms with Gasteiger partial charge >= 0.3 is 0 Å². The van der Waals surface area contributed by atoms with Crippen LogP contribution in [0.15, 0.2) is 48.3 Å². The zero-order valence-corrected chi connectivity index (χ0v) is 13.3. The van der Waals surface area contributed by atoms with Crippen LogP contribution in [0.25, 0.3) is 0 Å². The summed E-state index contributed by atoms with van der Waals surface area (Å²) in [6, 6.07) is 7.05. The Labute approximate surface area is 139 Å². The Morgan fingerprint density at radius 3 is 2.67 bits per heavy atom. The monoisotopic (exact) mass is 341 g/mol. The first-order chi connectivity index (χ1) is 11.6. The van der Waals surface area contributed by atoms with Crippen molar-refractivity contribution >= 4 is 0 Å². The number of ether oxygens (including phenoxy) is 2. The van der Waals surface area contributed by atoms with E-state index < -0.39 is 19.3 Å². The minimum absolute atomic E-state index is 0.132. The number of aliphatic hydroxyl groups excluding tert-OH is 1. The van der Waals surface area contributed by atoms with Gasteiger partial charge in [0.1, 0.15) is 24.2 Å². The number of benzene rings is 1. The molecule has 2 rings (SSSR count). The Bertz CT molecular complexity index is 560. The highest BCUT2D eigenvalue weighted by molar-refractivity contribution is 5.27. The van der Waals surface area contributed by atoms with Gasteiger partial charge in [0.25, 0.3) is 6.43 Å². The number of hydroxylamine groups is 1. The highest BCUT2D eigenvalue weighted by atomic mass is 19.3. The second-order valence-electron chi connectivity index (χ2n) is 5.23. The third-order valence-corrected chi connectivity index (χ3v) is 3.19. The smallest absolute Gasteiger partial charge is 0.261 e. The average molecular weight is 341 g/mol. The molecule has 0 aromatic heterocycles. The van der Waals surface area contributed by atoms with Crippen LogP contribution >= 0.6 is 0 Å². The van der Waals surface area contributed by atoms with Gasteiger partial charge in [-0.3, -0.25) is 0 Å². The zero-order chi connectivity index (χ0) is 17.4. The van der Waals surface area contributed by atoms with E-state index in [0.717, 1.165) is 5.56 Å². The number of rotatable bonds is 9. The van der Waals surface area contributed by atoms with Crippen LogP contribution < -0.4 is 10.2 Å². The molecule has 0 radical (unpaired) electrons. The molecule has 1 aliphatic rings. The molecule has 0 aliphatic carbocycles. The Balaban J connectivity index is 1.88. The molecule has 0 fully saturated rings. The molecule has 0 saturated carbocycles. The molecule has 0 saturated heterocycles. The molecule has 1 aromatic rings. The highest BCUT2D eigenvalue weighted by Gasteiger charge is 2.18. The summed E-state index contributed by atoms with van der Waals surface area (Å²) in [5.74, 6) is 1.24. The van der Waals surface area contributed by atoms with Crippen molar-refractivity contribution in [1.82, 2.24) is 5.48 Å². The van der Waals surface area contributed by atoms with Crippen molar-refractivity contribution in [2.45, 2.75) is 38.7 Å². The molecule has 1 heterocycles. The molecular weight excluding hydrogens is 320 g/mol. The Morgan fingerprint density at radius 1 is 1.33 bits per heavy atom. The number of hydrogen-bond acceptors (Lipinski definition) is 5. The molecule has 2 unspecified atom stereocenters.